The van der Waals surface area contributed by atoms with Gasteiger partial charge in [-0.05, 0) is 48.0 Å². The van der Waals surface area contributed by atoms with Crippen LogP contribution in [0.1, 0.15) is 48.0 Å². The fourth-order valence-corrected chi connectivity index (χ4v) is 1.52. The lowest BCUT2D eigenvalue weighted by Gasteiger charge is -2.30. The molecule has 0 saturated heterocycles. The van der Waals surface area contributed by atoms with Crippen LogP contribution < -0.4 is 11.2 Å². The summed E-state index contributed by atoms with van der Waals surface area (Å²) in [4.78, 5) is 16.7. The Balaban J connectivity index is 4.27. The fourth-order valence-electron chi connectivity index (χ4n) is 1.52. The Kier molecular flexibility index (Phi) is 4.74. The maximum atomic E-state index is 11.7. The van der Waals surface area contributed by atoms with Crippen molar-refractivity contribution in [2.75, 3.05) is 0 Å². The van der Waals surface area contributed by atoms with Crippen molar-refractivity contribution in [3.63, 3.8) is 0 Å². The van der Waals surface area contributed by atoms with Gasteiger partial charge in [-0.3, -0.25) is 0 Å². The first-order chi connectivity index (χ1) is 6.54. The van der Waals surface area contributed by atoms with E-state index in [1.54, 1.807) is 0 Å². The van der Waals surface area contributed by atoms with Gasteiger partial charge in [0.2, 0.25) is 0 Å². The Morgan fingerprint density at radius 1 is 1.33 bits per heavy atom. The van der Waals surface area contributed by atoms with E-state index >= 15 is 0 Å². The van der Waals surface area contributed by atoms with Crippen LogP contribution in [0.4, 0.5) is 0 Å². The number of hydroxylamine groups is 1. The van der Waals surface area contributed by atoms with E-state index in [4.69, 9.17) is 10.6 Å². The number of nitrogens with one attached hydrogen (secondary N) is 1. The summed E-state index contributed by atoms with van der Waals surface area (Å²) in [6.45, 7) is 11.3. The van der Waals surface area contributed by atoms with Gasteiger partial charge in [0.15, 0.2) is 0 Å². The van der Waals surface area contributed by atoms with Crippen LogP contribution in [0.15, 0.2) is 0 Å². The molecule has 0 amide bonds. The standard InChI is InChI=1S/C11H24N2O2/c1-8(2)13-15-9(14)10(3,4)7-11(5,6)12/h8,13H,7,12H2,1-6H3. The normalized spacial score (nSPS) is 13.1. The van der Waals surface area contributed by atoms with Crippen LogP contribution in [-0.2, 0) is 9.63 Å². The molecule has 15 heavy (non-hydrogen) atoms. The maximum Gasteiger partial charge on any atom is 0.330 e. The van der Waals surface area contributed by atoms with Crippen LogP contribution in [0.2, 0.25) is 0 Å². The number of hydrogen-bond acceptors (Lipinski definition) is 4. The molecule has 4 heteroatoms. The molecular formula is C11H24N2O2. The molecule has 0 spiro atoms. The molecule has 0 heterocycles. The van der Waals surface area contributed by atoms with Gasteiger partial charge < -0.3 is 10.6 Å². The largest absolute Gasteiger partial charge is 0.370 e. The molecule has 0 aliphatic rings. The van der Waals surface area contributed by atoms with Gasteiger partial charge >= 0.3 is 5.97 Å². The van der Waals surface area contributed by atoms with Gasteiger partial charge in [-0.2, -0.15) is 5.48 Å². The van der Waals surface area contributed by atoms with Crippen molar-refractivity contribution in [2.45, 2.75) is 59.5 Å². The number of carbonyl (C=O) groups excluding carboxylic acids is 1. The fraction of sp³-hybridized carbons (Fsp3) is 0.909. The molecule has 0 saturated carbocycles. The van der Waals surface area contributed by atoms with E-state index < -0.39 is 5.41 Å². The average molecular weight is 216 g/mol. The van der Waals surface area contributed by atoms with Crippen LogP contribution in [-0.4, -0.2) is 17.6 Å². The quantitative estimate of drug-likeness (QED) is 0.685. The minimum Gasteiger partial charge on any atom is -0.370 e. The molecule has 0 unspecified atom stereocenters. The molecule has 0 radical (unpaired) electrons. The highest BCUT2D eigenvalue weighted by atomic mass is 16.7. The second-order valence-electron chi connectivity index (χ2n) is 5.71. The summed E-state index contributed by atoms with van der Waals surface area (Å²) in [6.07, 6.45) is 0.582. The first-order valence-corrected chi connectivity index (χ1v) is 5.30. The van der Waals surface area contributed by atoms with Crippen LogP contribution >= 0.6 is 0 Å². The molecule has 0 aliphatic heterocycles. The summed E-state index contributed by atoms with van der Waals surface area (Å²) in [5, 5.41) is 0. The van der Waals surface area contributed by atoms with E-state index in [0.717, 1.165) is 0 Å². The summed E-state index contributed by atoms with van der Waals surface area (Å²) < 4.78 is 0. The third-order valence-electron chi connectivity index (χ3n) is 1.84. The minimum absolute atomic E-state index is 0.121. The Bertz CT molecular complexity index is 217. The first-order valence-electron chi connectivity index (χ1n) is 5.30. The molecule has 4 nitrogen and oxygen atoms in total. The second kappa shape index (κ2) is 4.94. The van der Waals surface area contributed by atoms with Gasteiger partial charge in [0.1, 0.15) is 0 Å². The highest BCUT2D eigenvalue weighted by Crippen LogP contribution is 2.27. The van der Waals surface area contributed by atoms with Crippen molar-refractivity contribution in [2.24, 2.45) is 11.1 Å². The average Bonchev–Trinajstić information content (AvgIpc) is 1.94. The monoisotopic (exact) mass is 216 g/mol. The van der Waals surface area contributed by atoms with Crippen molar-refractivity contribution >= 4 is 5.97 Å². The van der Waals surface area contributed by atoms with E-state index in [1.807, 2.05) is 41.5 Å². The predicted molar refractivity (Wildman–Crippen MR) is 61.0 cm³/mol. The van der Waals surface area contributed by atoms with Crippen LogP contribution in [0.3, 0.4) is 0 Å². The topological polar surface area (TPSA) is 64.3 Å². The molecule has 0 fully saturated rings. The van der Waals surface area contributed by atoms with E-state index in [9.17, 15) is 4.79 Å². The molecule has 3 N–H and O–H groups in total. The minimum atomic E-state index is -0.569. The van der Waals surface area contributed by atoms with Gasteiger partial charge in [0, 0.05) is 11.6 Å². The zero-order valence-corrected chi connectivity index (χ0v) is 10.7. The van der Waals surface area contributed by atoms with Crippen molar-refractivity contribution in [1.29, 1.82) is 0 Å². The van der Waals surface area contributed by atoms with Gasteiger partial charge in [-0.25, -0.2) is 4.79 Å². The van der Waals surface area contributed by atoms with Crippen LogP contribution in [0, 0.1) is 5.41 Å². The summed E-state index contributed by atoms with van der Waals surface area (Å²) >= 11 is 0. The predicted octanol–water partition coefficient (Wildman–Crippen LogP) is 1.60. The molecule has 90 valence electrons. The molecule has 0 bridgehead atoms. The van der Waals surface area contributed by atoms with Crippen LogP contribution in [0.25, 0.3) is 0 Å². The van der Waals surface area contributed by atoms with Crippen molar-refractivity contribution in [1.82, 2.24) is 5.48 Å². The first kappa shape index (κ1) is 14.4. The van der Waals surface area contributed by atoms with Crippen molar-refractivity contribution in [3.05, 3.63) is 0 Å². The second-order valence-corrected chi connectivity index (χ2v) is 5.71. The lowest BCUT2D eigenvalue weighted by atomic mass is 9.81. The number of carbonyl (C=O) groups is 1. The van der Waals surface area contributed by atoms with Gasteiger partial charge in [-0.15, -0.1) is 0 Å². The summed E-state index contributed by atoms with van der Waals surface area (Å²) in [5.41, 5.74) is 7.59. The highest BCUT2D eigenvalue weighted by Gasteiger charge is 2.34. The molecule has 0 rings (SSSR count). The van der Waals surface area contributed by atoms with Crippen molar-refractivity contribution in [3.8, 4) is 0 Å². The van der Waals surface area contributed by atoms with Gasteiger partial charge in [0.05, 0.1) is 5.41 Å². The maximum absolute atomic E-state index is 11.7. The van der Waals surface area contributed by atoms with Crippen molar-refractivity contribution < 1.29 is 9.63 Å². The third-order valence-corrected chi connectivity index (χ3v) is 1.84. The smallest absolute Gasteiger partial charge is 0.330 e. The highest BCUT2D eigenvalue weighted by molar-refractivity contribution is 5.75. The number of nitrogens with two attached hydrogens (primary N) is 1. The van der Waals surface area contributed by atoms with Crippen LogP contribution in [0.5, 0.6) is 0 Å². The zero-order chi connectivity index (χ0) is 12.3. The summed E-state index contributed by atoms with van der Waals surface area (Å²) in [7, 11) is 0. The molecule has 0 aliphatic carbocycles. The van der Waals surface area contributed by atoms with E-state index in [1.165, 1.54) is 0 Å². The number of rotatable bonds is 5. The van der Waals surface area contributed by atoms with Gasteiger partial charge in [-0.1, -0.05) is 0 Å². The SMILES string of the molecule is CC(C)NOC(=O)C(C)(C)CC(C)(C)N. The molecular weight excluding hydrogens is 192 g/mol. The van der Waals surface area contributed by atoms with E-state index in [-0.39, 0.29) is 17.6 Å². The Hall–Kier alpha value is -0.610. The lowest BCUT2D eigenvalue weighted by molar-refractivity contribution is -0.164. The Labute approximate surface area is 92.5 Å². The summed E-state index contributed by atoms with van der Waals surface area (Å²) in [6, 6.07) is 0.121. The molecule has 0 aromatic carbocycles. The van der Waals surface area contributed by atoms with E-state index in [0.29, 0.717) is 6.42 Å². The number of hydrogen-bond donors (Lipinski definition) is 2. The zero-order valence-electron chi connectivity index (χ0n) is 10.7. The van der Waals surface area contributed by atoms with Gasteiger partial charge in [0.25, 0.3) is 0 Å². The summed E-state index contributed by atoms with van der Waals surface area (Å²) in [5.74, 6) is -0.269. The molecule has 0 aromatic rings. The van der Waals surface area contributed by atoms with E-state index in [2.05, 4.69) is 5.48 Å². The molecule has 0 atom stereocenters. The molecule has 0 aromatic heterocycles. The Morgan fingerprint density at radius 3 is 2.13 bits per heavy atom. The lowest BCUT2D eigenvalue weighted by Crippen LogP contribution is -2.43. The third kappa shape index (κ3) is 6.47. The Morgan fingerprint density at radius 2 is 1.80 bits per heavy atom.